The third-order valence-corrected chi connectivity index (χ3v) is 2.49. The molecule has 14 heavy (non-hydrogen) atoms. The van der Waals surface area contributed by atoms with E-state index in [2.05, 4.69) is 43.0 Å². The van der Waals surface area contributed by atoms with Gasteiger partial charge in [-0.2, -0.15) is 0 Å². The fourth-order valence-electron chi connectivity index (χ4n) is 1.40. The Hall–Kier alpha value is -1.02. The molecule has 0 aliphatic rings. The summed E-state index contributed by atoms with van der Waals surface area (Å²) in [6, 6.07) is 8.54. The van der Waals surface area contributed by atoms with Crippen LogP contribution in [-0.2, 0) is 0 Å². The van der Waals surface area contributed by atoms with Gasteiger partial charge in [-0.1, -0.05) is 26.0 Å². The minimum atomic E-state index is 0.134. The van der Waals surface area contributed by atoms with E-state index in [0.29, 0.717) is 5.92 Å². The molecular weight excluding hydrogens is 172 g/mol. The summed E-state index contributed by atoms with van der Waals surface area (Å²) in [5.41, 5.74) is 8.51. The van der Waals surface area contributed by atoms with Crippen LogP contribution in [0.4, 0.5) is 5.69 Å². The van der Waals surface area contributed by atoms with Crippen molar-refractivity contribution in [3.05, 3.63) is 29.8 Å². The molecule has 78 valence electrons. The SMILES string of the molecule is CC(C)[C@H](N)c1cccc(N(C)C)c1. The Morgan fingerprint density at radius 1 is 1.21 bits per heavy atom. The lowest BCUT2D eigenvalue weighted by atomic mass is 9.97. The first-order valence-electron chi connectivity index (χ1n) is 5.05. The van der Waals surface area contributed by atoms with Crippen molar-refractivity contribution in [2.24, 2.45) is 11.7 Å². The molecule has 0 spiro atoms. The highest BCUT2D eigenvalue weighted by atomic mass is 15.1. The van der Waals surface area contributed by atoms with Gasteiger partial charge in [0.2, 0.25) is 0 Å². The van der Waals surface area contributed by atoms with Crippen LogP contribution in [-0.4, -0.2) is 14.1 Å². The van der Waals surface area contributed by atoms with E-state index in [0.717, 1.165) is 0 Å². The maximum absolute atomic E-state index is 6.09. The Morgan fingerprint density at radius 2 is 1.86 bits per heavy atom. The monoisotopic (exact) mass is 192 g/mol. The van der Waals surface area contributed by atoms with Gasteiger partial charge in [-0.15, -0.1) is 0 Å². The largest absolute Gasteiger partial charge is 0.378 e. The Kier molecular flexibility index (Phi) is 3.53. The summed E-state index contributed by atoms with van der Waals surface area (Å²) in [5, 5.41) is 0. The quantitative estimate of drug-likeness (QED) is 0.797. The van der Waals surface area contributed by atoms with Crippen LogP contribution in [0.5, 0.6) is 0 Å². The number of nitrogens with two attached hydrogens (primary N) is 1. The van der Waals surface area contributed by atoms with Crippen molar-refractivity contribution < 1.29 is 0 Å². The van der Waals surface area contributed by atoms with Crippen molar-refractivity contribution in [2.75, 3.05) is 19.0 Å². The number of hydrogen-bond acceptors (Lipinski definition) is 2. The zero-order chi connectivity index (χ0) is 10.7. The third-order valence-electron chi connectivity index (χ3n) is 2.49. The molecule has 0 aromatic heterocycles. The van der Waals surface area contributed by atoms with Crippen LogP contribution in [0.2, 0.25) is 0 Å². The number of nitrogens with zero attached hydrogens (tertiary/aromatic N) is 1. The van der Waals surface area contributed by atoms with Crippen LogP contribution in [0.25, 0.3) is 0 Å². The van der Waals surface area contributed by atoms with Crippen LogP contribution >= 0.6 is 0 Å². The second-order valence-electron chi connectivity index (χ2n) is 4.26. The van der Waals surface area contributed by atoms with Crippen LogP contribution < -0.4 is 10.6 Å². The molecule has 0 bridgehead atoms. The molecule has 1 rings (SSSR count). The molecular formula is C12H20N2. The van der Waals surface area contributed by atoms with Gasteiger partial charge in [-0.05, 0) is 23.6 Å². The fraction of sp³-hybridized carbons (Fsp3) is 0.500. The summed E-state index contributed by atoms with van der Waals surface area (Å²) < 4.78 is 0. The van der Waals surface area contributed by atoms with Gasteiger partial charge in [0.25, 0.3) is 0 Å². The first-order valence-corrected chi connectivity index (χ1v) is 5.05. The molecule has 2 heteroatoms. The molecule has 0 saturated carbocycles. The molecule has 0 fully saturated rings. The van der Waals surface area contributed by atoms with Crippen molar-refractivity contribution in [3.63, 3.8) is 0 Å². The number of anilines is 1. The molecule has 1 atom stereocenters. The molecule has 0 unspecified atom stereocenters. The van der Waals surface area contributed by atoms with E-state index < -0.39 is 0 Å². The van der Waals surface area contributed by atoms with Crippen LogP contribution in [0, 0.1) is 5.92 Å². The number of benzene rings is 1. The van der Waals surface area contributed by atoms with E-state index >= 15 is 0 Å². The van der Waals surface area contributed by atoms with E-state index in [1.165, 1.54) is 11.3 Å². The van der Waals surface area contributed by atoms with Crippen molar-refractivity contribution in [1.82, 2.24) is 0 Å². The van der Waals surface area contributed by atoms with E-state index in [-0.39, 0.29) is 6.04 Å². The number of hydrogen-bond donors (Lipinski definition) is 1. The highest BCUT2D eigenvalue weighted by Gasteiger charge is 2.10. The van der Waals surface area contributed by atoms with Crippen molar-refractivity contribution >= 4 is 5.69 Å². The van der Waals surface area contributed by atoms with E-state index in [9.17, 15) is 0 Å². The van der Waals surface area contributed by atoms with Crippen molar-refractivity contribution in [1.29, 1.82) is 0 Å². The first-order chi connectivity index (χ1) is 6.52. The molecule has 0 heterocycles. The Balaban J connectivity index is 2.93. The van der Waals surface area contributed by atoms with Gasteiger partial charge >= 0.3 is 0 Å². The lowest BCUT2D eigenvalue weighted by Gasteiger charge is -2.19. The van der Waals surface area contributed by atoms with Crippen LogP contribution in [0.3, 0.4) is 0 Å². The summed E-state index contributed by atoms with van der Waals surface area (Å²) in [6.07, 6.45) is 0. The molecule has 0 aliphatic heterocycles. The van der Waals surface area contributed by atoms with Gasteiger partial charge in [0, 0.05) is 25.8 Å². The molecule has 1 aromatic carbocycles. The highest BCUT2D eigenvalue weighted by molar-refractivity contribution is 5.47. The van der Waals surface area contributed by atoms with Gasteiger partial charge in [-0.3, -0.25) is 0 Å². The predicted octanol–water partition coefficient (Wildman–Crippen LogP) is 2.41. The lowest BCUT2D eigenvalue weighted by Crippen LogP contribution is -2.17. The summed E-state index contributed by atoms with van der Waals surface area (Å²) in [5.74, 6) is 0.479. The van der Waals surface area contributed by atoms with E-state index in [1.807, 2.05) is 14.1 Å². The average molecular weight is 192 g/mol. The lowest BCUT2D eigenvalue weighted by molar-refractivity contribution is 0.514. The van der Waals surface area contributed by atoms with Crippen molar-refractivity contribution in [3.8, 4) is 0 Å². The van der Waals surface area contributed by atoms with Gasteiger partial charge in [-0.25, -0.2) is 0 Å². The topological polar surface area (TPSA) is 29.3 Å². The Bertz CT molecular complexity index is 292. The first kappa shape index (κ1) is 11.1. The fourth-order valence-corrected chi connectivity index (χ4v) is 1.40. The average Bonchev–Trinajstić information content (AvgIpc) is 2.16. The maximum Gasteiger partial charge on any atom is 0.0364 e. The van der Waals surface area contributed by atoms with Gasteiger partial charge in [0.1, 0.15) is 0 Å². The normalized spacial score (nSPS) is 13.0. The zero-order valence-corrected chi connectivity index (χ0v) is 9.49. The molecule has 1 aromatic rings. The summed E-state index contributed by atoms with van der Waals surface area (Å²) >= 11 is 0. The maximum atomic E-state index is 6.09. The van der Waals surface area contributed by atoms with Gasteiger partial charge in [0.15, 0.2) is 0 Å². The Labute approximate surface area is 86.7 Å². The molecule has 2 N–H and O–H groups in total. The summed E-state index contributed by atoms with van der Waals surface area (Å²) in [4.78, 5) is 2.09. The Morgan fingerprint density at radius 3 is 2.36 bits per heavy atom. The predicted molar refractivity (Wildman–Crippen MR) is 62.5 cm³/mol. The number of rotatable bonds is 3. The second-order valence-corrected chi connectivity index (χ2v) is 4.26. The van der Waals surface area contributed by atoms with E-state index in [1.54, 1.807) is 0 Å². The van der Waals surface area contributed by atoms with Gasteiger partial charge in [0.05, 0.1) is 0 Å². The van der Waals surface area contributed by atoms with Crippen LogP contribution in [0.15, 0.2) is 24.3 Å². The minimum Gasteiger partial charge on any atom is -0.378 e. The van der Waals surface area contributed by atoms with Crippen LogP contribution in [0.1, 0.15) is 25.5 Å². The minimum absolute atomic E-state index is 0.134. The molecule has 2 nitrogen and oxygen atoms in total. The van der Waals surface area contributed by atoms with Crippen molar-refractivity contribution in [2.45, 2.75) is 19.9 Å². The molecule has 0 saturated heterocycles. The smallest absolute Gasteiger partial charge is 0.0364 e. The second kappa shape index (κ2) is 4.47. The highest BCUT2D eigenvalue weighted by Crippen LogP contribution is 2.22. The van der Waals surface area contributed by atoms with Gasteiger partial charge < -0.3 is 10.6 Å². The summed E-state index contributed by atoms with van der Waals surface area (Å²) in [7, 11) is 4.08. The molecule has 0 radical (unpaired) electrons. The third kappa shape index (κ3) is 2.48. The van der Waals surface area contributed by atoms with E-state index in [4.69, 9.17) is 5.73 Å². The molecule has 0 aliphatic carbocycles. The summed E-state index contributed by atoms with van der Waals surface area (Å²) in [6.45, 7) is 4.29. The zero-order valence-electron chi connectivity index (χ0n) is 9.49. The standard InChI is InChI=1S/C12H20N2/c1-9(2)12(13)10-6-5-7-11(8-10)14(3)4/h5-9,12H,13H2,1-4H3/t12-/m0/s1. The molecule has 0 amide bonds.